The Labute approximate surface area is 209 Å². The Morgan fingerprint density at radius 2 is 1.92 bits per heavy atom. The Morgan fingerprint density at radius 1 is 1.19 bits per heavy atom. The van der Waals surface area contributed by atoms with Crippen LogP contribution in [0.5, 0.6) is 11.5 Å². The lowest BCUT2D eigenvalue weighted by Crippen LogP contribution is -2.42. The molecule has 0 fully saturated rings. The second-order valence-electron chi connectivity index (χ2n) is 10.1. The van der Waals surface area contributed by atoms with E-state index in [9.17, 15) is 18.4 Å². The van der Waals surface area contributed by atoms with Gasteiger partial charge in [-0.15, -0.1) is 0 Å². The second kappa shape index (κ2) is 11.1. The number of ether oxygens (including phenoxy) is 3. The minimum Gasteiger partial charge on any atom is -0.491 e. The summed E-state index contributed by atoms with van der Waals surface area (Å²) in [6.07, 6.45) is -1.35. The van der Waals surface area contributed by atoms with E-state index in [1.165, 1.54) is 13.0 Å². The van der Waals surface area contributed by atoms with Crippen molar-refractivity contribution < 1.29 is 32.6 Å². The number of aromatic nitrogens is 1. The van der Waals surface area contributed by atoms with Crippen LogP contribution >= 0.6 is 0 Å². The fourth-order valence-electron chi connectivity index (χ4n) is 3.93. The second-order valence-corrected chi connectivity index (χ2v) is 10.1. The van der Waals surface area contributed by atoms with Crippen LogP contribution in [-0.4, -0.2) is 35.2 Å². The van der Waals surface area contributed by atoms with Gasteiger partial charge in [-0.2, -0.15) is 0 Å². The number of rotatable bonds is 8. The molecule has 0 aliphatic carbocycles. The largest absolute Gasteiger partial charge is 0.491 e. The van der Waals surface area contributed by atoms with Crippen molar-refractivity contribution in [2.24, 2.45) is 5.92 Å². The number of carbonyl (C=O) groups excluding carboxylic acids is 2. The summed E-state index contributed by atoms with van der Waals surface area (Å²) in [5.41, 5.74) is 0.782. The van der Waals surface area contributed by atoms with Crippen molar-refractivity contribution >= 4 is 17.8 Å². The average molecular weight is 506 g/mol. The molecule has 8 nitrogen and oxygen atoms in total. The first-order valence-corrected chi connectivity index (χ1v) is 11.8. The van der Waals surface area contributed by atoms with E-state index in [2.05, 4.69) is 15.6 Å². The molecule has 0 bridgehead atoms. The number of alkyl halides is 2. The van der Waals surface area contributed by atoms with E-state index in [0.717, 1.165) is 0 Å². The van der Waals surface area contributed by atoms with Crippen LogP contribution < -0.4 is 20.1 Å². The molecule has 196 valence electrons. The van der Waals surface area contributed by atoms with Crippen LogP contribution in [0, 0.1) is 5.92 Å². The monoisotopic (exact) mass is 505 g/mol. The molecule has 0 saturated carbocycles. The van der Waals surface area contributed by atoms with Gasteiger partial charge in [-0.25, -0.2) is 18.6 Å². The van der Waals surface area contributed by atoms with Crippen LogP contribution in [0.1, 0.15) is 65.5 Å². The molecule has 0 unspecified atom stereocenters. The van der Waals surface area contributed by atoms with Crippen molar-refractivity contribution in [1.29, 1.82) is 0 Å². The summed E-state index contributed by atoms with van der Waals surface area (Å²) >= 11 is 0. The van der Waals surface area contributed by atoms with Crippen molar-refractivity contribution in [3.63, 3.8) is 0 Å². The number of hydrogen-bond donors (Lipinski definition) is 2. The fourth-order valence-corrected chi connectivity index (χ4v) is 3.93. The van der Waals surface area contributed by atoms with Crippen molar-refractivity contribution in [3.05, 3.63) is 35.5 Å². The molecule has 2 heterocycles. The van der Waals surface area contributed by atoms with Gasteiger partial charge in [0.1, 0.15) is 41.7 Å². The SMILES string of the molecule is CC(=O)Nc1cc2c(cn1)COc1c-2ccc(OC[C@H](CC(C)C)NC(=O)OC(C)(C)C)c1C(F)F. The summed E-state index contributed by atoms with van der Waals surface area (Å²) in [4.78, 5) is 27.9. The first-order chi connectivity index (χ1) is 16.8. The number of benzene rings is 1. The smallest absolute Gasteiger partial charge is 0.407 e. The van der Waals surface area contributed by atoms with E-state index >= 15 is 0 Å². The molecule has 36 heavy (non-hydrogen) atoms. The summed E-state index contributed by atoms with van der Waals surface area (Å²) in [5, 5.41) is 5.38. The molecule has 3 rings (SSSR count). The molecule has 2 N–H and O–H groups in total. The molecule has 0 spiro atoms. The van der Waals surface area contributed by atoms with Gasteiger partial charge in [0, 0.05) is 24.2 Å². The number of pyridine rings is 1. The van der Waals surface area contributed by atoms with Crippen LogP contribution in [0.15, 0.2) is 24.4 Å². The number of nitrogens with zero attached hydrogens (tertiary/aromatic N) is 1. The normalized spacial score (nSPS) is 13.4. The molecule has 0 radical (unpaired) electrons. The summed E-state index contributed by atoms with van der Waals surface area (Å²) in [6, 6.07) is 4.30. The Balaban J connectivity index is 1.87. The van der Waals surface area contributed by atoms with E-state index in [1.54, 1.807) is 39.1 Å². The van der Waals surface area contributed by atoms with Gasteiger partial charge >= 0.3 is 6.09 Å². The van der Waals surface area contributed by atoms with E-state index in [0.29, 0.717) is 28.9 Å². The summed E-state index contributed by atoms with van der Waals surface area (Å²) in [5.74, 6) is 0.247. The van der Waals surface area contributed by atoms with Crippen molar-refractivity contribution in [1.82, 2.24) is 10.3 Å². The van der Waals surface area contributed by atoms with Crippen LogP contribution in [0.4, 0.5) is 19.4 Å². The minimum atomic E-state index is -2.87. The third-order valence-corrected chi connectivity index (χ3v) is 5.24. The number of alkyl carbamates (subject to hydrolysis) is 1. The number of carbonyl (C=O) groups is 2. The maximum atomic E-state index is 14.3. The molecule has 1 aromatic carbocycles. The third-order valence-electron chi connectivity index (χ3n) is 5.24. The van der Waals surface area contributed by atoms with Gasteiger partial charge in [0.05, 0.1) is 6.04 Å². The summed E-state index contributed by atoms with van der Waals surface area (Å²) in [7, 11) is 0. The number of anilines is 1. The average Bonchev–Trinajstić information content (AvgIpc) is 2.74. The van der Waals surface area contributed by atoms with E-state index in [4.69, 9.17) is 14.2 Å². The first kappa shape index (κ1) is 27.2. The molecule has 1 aromatic heterocycles. The molecular weight excluding hydrogens is 472 g/mol. The summed E-state index contributed by atoms with van der Waals surface area (Å²) < 4.78 is 45.4. The number of amides is 2. The number of nitrogens with one attached hydrogen (secondary N) is 2. The van der Waals surface area contributed by atoms with Crippen LogP contribution in [0.3, 0.4) is 0 Å². The maximum Gasteiger partial charge on any atom is 0.407 e. The molecule has 1 aliphatic rings. The zero-order valence-corrected chi connectivity index (χ0v) is 21.4. The molecule has 1 aliphatic heterocycles. The minimum absolute atomic E-state index is 0.0236. The predicted octanol–water partition coefficient (Wildman–Crippen LogP) is 5.86. The van der Waals surface area contributed by atoms with Gasteiger partial charge in [0.2, 0.25) is 5.91 Å². The van der Waals surface area contributed by atoms with E-state index in [-0.39, 0.29) is 42.1 Å². The Bertz CT molecular complexity index is 1120. The lowest BCUT2D eigenvalue weighted by Gasteiger charge is -2.27. The summed E-state index contributed by atoms with van der Waals surface area (Å²) in [6.45, 7) is 10.6. The van der Waals surface area contributed by atoms with Crippen LogP contribution in [0.25, 0.3) is 11.1 Å². The molecule has 1 atom stereocenters. The van der Waals surface area contributed by atoms with Gasteiger partial charge in [-0.3, -0.25) is 4.79 Å². The topological polar surface area (TPSA) is 98.8 Å². The lowest BCUT2D eigenvalue weighted by molar-refractivity contribution is -0.114. The molecule has 10 heteroatoms. The molecule has 0 saturated heterocycles. The lowest BCUT2D eigenvalue weighted by atomic mass is 9.95. The zero-order chi connectivity index (χ0) is 26.6. The Morgan fingerprint density at radius 3 is 2.53 bits per heavy atom. The Hall–Kier alpha value is -3.43. The Kier molecular flexibility index (Phi) is 8.37. The number of fused-ring (bicyclic) bond motifs is 3. The fraction of sp³-hybridized carbons (Fsp3) is 0.500. The third kappa shape index (κ3) is 7.05. The van der Waals surface area contributed by atoms with Crippen LogP contribution in [-0.2, 0) is 16.1 Å². The maximum absolute atomic E-state index is 14.3. The quantitative estimate of drug-likeness (QED) is 0.467. The first-order valence-electron chi connectivity index (χ1n) is 11.8. The zero-order valence-electron chi connectivity index (χ0n) is 21.4. The highest BCUT2D eigenvalue weighted by Crippen LogP contribution is 2.47. The predicted molar refractivity (Wildman–Crippen MR) is 131 cm³/mol. The van der Waals surface area contributed by atoms with Gasteiger partial charge < -0.3 is 24.8 Å². The van der Waals surface area contributed by atoms with E-state index < -0.39 is 24.2 Å². The standard InChI is InChI=1S/C26H33F2N3O5/c1-14(2)9-17(31-25(33)36-26(4,5)6)13-34-20-8-7-18-19-10-21(30-15(3)32)29-11-16(19)12-35-23(18)22(20)24(27)28/h7-8,10-11,14,17,24H,9,12-13H2,1-6H3,(H,31,33)(H,29,30,32)/t17-/m0/s1. The molecule has 2 aromatic rings. The highest BCUT2D eigenvalue weighted by Gasteiger charge is 2.29. The number of halogens is 2. The molecule has 2 amide bonds. The van der Waals surface area contributed by atoms with Gasteiger partial charge in [0.25, 0.3) is 6.43 Å². The van der Waals surface area contributed by atoms with E-state index in [1.807, 2.05) is 13.8 Å². The molecular formula is C26H33F2N3O5. The van der Waals surface area contributed by atoms with Gasteiger partial charge in [-0.05, 0) is 56.9 Å². The van der Waals surface area contributed by atoms with Crippen molar-refractivity contribution in [2.75, 3.05) is 11.9 Å². The van der Waals surface area contributed by atoms with Gasteiger partial charge in [-0.1, -0.05) is 13.8 Å². The number of hydrogen-bond acceptors (Lipinski definition) is 6. The van der Waals surface area contributed by atoms with Crippen molar-refractivity contribution in [3.8, 4) is 22.6 Å². The van der Waals surface area contributed by atoms with Crippen LogP contribution in [0.2, 0.25) is 0 Å². The van der Waals surface area contributed by atoms with Crippen molar-refractivity contribution in [2.45, 2.75) is 72.6 Å². The van der Waals surface area contributed by atoms with Gasteiger partial charge in [0.15, 0.2) is 0 Å². The highest BCUT2D eigenvalue weighted by atomic mass is 19.3. The highest BCUT2D eigenvalue weighted by molar-refractivity contribution is 5.89.